The van der Waals surface area contributed by atoms with Crippen molar-refractivity contribution in [1.29, 1.82) is 0 Å². The van der Waals surface area contributed by atoms with E-state index >= 15 is 0 Å². The van der Waals surface area contributed by atoms with Crippen LogP contribution in [-0.2, 0) is 26.2 Å². The predicted octanol–water partition coefficient (Wildman–Crippen LogP) is 5.38. The minimum absolute atomic E-state index is 0.0637. The average Bonchev–Trinajstić information content (AvgIpc) is 2.96. The van der Waals surface area contributed by atoms with Gasteiger partial charge in [0.1, 0.15) is 18.3 Å². The molecule has 0 aliphatic rings. The van der Waals surface area contributed by atoms with E-state index in [0.29, 0.717) is 28.9 Å². The Morgan fingerprint density at radius 2 is 1.68 bits per heavy atom. The molecule has 3 rings (SSSR count). The Labute approximate surface area is 245 Å². The topological polar surface area (TPSA) is 96.0 Å². The lowest BCUT2D eigenvalue weighted by atomic mass is 10.1. The van der Waals surface area contributed by atoms with Crippen molar-refractivity contribution in [3.05, 3.63) is 88.9 Å². The second kappa shape index (κ2) is 14.9. The minimum Gasteiger partial charge on any atom is -0.497 e. The van der Waals surface area contributed by atoms with E-state index in [2.05, 4.69) is 21.2 Å². The number of rotatable bonds is 14. The molecule has 40 heavy (non-hydrogen) atoms. The number of hydrogen-bond acceptors (Lipinski definition) is 5. The van der Waals surface area contributed by atoms with Crippen LogP contribution < -0.4 is 14.4 Å². The van der Waals surface area contributed by atoms with Gasteiger partial charge in [-0.25, -0.2) is 8.42 Å². The highest BCUT2D eigenvalue weighted by atomic mass is 79.9. The first kappa shape index (κ1) is 31.2. The number of anilines is 1. The Hall–Kier alpha value is -3.37. The van der Waals surface area contributed by atoms with Gasteiger partial charge in [0.15, 0.2) is 0 Å². The summed E-state index contributed by atoms with van der Waals surface area (Å²) in [6, 6.07) is 21.2. The van der Waals surface area contributed by atoms with E-state index < -0.39 is 28.5 Å². The molecule has 0 aliphatic carbocycles. The number of nitrogens with one attached hydrogen (secondary N) is 1. The summed E-state index contributed by atoms with van der Waals surface area (Å²) in [5, 5.41) is 2.93. The van der Waals surface area contributed by atoms with E-state index in [4.69, 9.17) is 4.74 Å². The summed E-state index contributed by atoms with van der Waals surface area (Å²) in [6.07, 6.45) is 2.10. The summed E-state index contributed by atoms with van der Waals surface area (Å²) in [5.74, 6) is -0.0914. The van der Waals surface area contributed by atoms with Crippen LogP contribution in [0, 0.1) is 0 Å². The number of carbonyl (C=O) groups is 2. The van der Waals surface area contributed by atoms with Crippen LogP contribution >= 0.6 is 15.9 Å². The van der Waals surface area contributed by atoms with E-state index in [1.54, 1.807) is 61.7 Å². The second-order valence-corrected chi connectivity index (χ2v) is 12.0. The highest BCUT2D eigenvalue weighted by Crippen LogP contribution is 2.27. The number of halogens is 1. The van der Waals surface area contributed by atoms with Gasteiger partial charge in [0.05, 0.1) is 17.7 Å². The maximum Gasteiger partial charge on any atom is 0.264 e. The summed E-state index contributed by atoms with van der Waals surface area (Å²) in [6.45, 7) is 4.02. The molecule has 0 spiro atoms. The van der Waals surface area contributed by atoms with Gasteiger partial charge in [-0.05, 0) is 60.9 Å². The van der Waals surface area contributed by atoms with Crippen LogP contribution in [0.4, 0.5) is 5.69 Å². The first-order valence-corrected chi connectivity index (χ1v) is 15.5. The maximum absolute atomic E-state index is 14.1. The number of nitrogens with zero attached hydrogens (tertiary/aromatic N) is 2. The lowest BCUT2D eigenvalue weighted by Gasteiger charge is -2.33. The highest BCUT2D eigenvalue weighted by Gasteiger charge is 2.33. The third kappa shape index (κ3) is 8.08. The first-order chi connectivity index (χ1) is 19.2. The average molecular weight is 631 g/mol. The van der Waals surface area contributed by atoms with Crippen LogP contribution in [-0.4, -0.2) is 51.4 Å². The zero-order chi connectivity index (χ0) is 29.1. The Bertz CT molecular complexity index is 1370. The van der Waals surface area contributed by atoms with Crippen LogP contribution in [0.5, 0.6) is 5.75 Å². The standard InChI is InChI=1S/C30H36BrN3O5S/c1-4-6-19-32-30(36)28(5-2)33(21-23-15-17-26(39-3)18-16-23)29(35)22-34(25-12-10-11-24(31)20-25)40(37,38)27-13-8-7-9-14-27/h7-18,20,28H,4-6,19,21-22H2,1-3H3,(H,32,36)/t28-/m0/s1. The molecule has 3 aromatic carbocycles. The summed E-state index contributed by atoms with van der Waals surface area (Å²) >= 11 is 3.41. The zero-order valence-corrected chi connectivity index (χ0v) is 25.4. The highest BCUT2D eigenvalue weighted by molar-refractivity contribution is 9.10. The van der Waals surface area contributed by atoms with Crippen LogP contribution in [0.2, 0.25) is 0 Å². The van der Waals surface area contributed by atoms with Crippen molar-refractivity contribution < 1.29 is 22.7 Å². The van der Waals surface area contributed by atoms with Gasteiger partial charge in [-0.2, -0.15) is 0 Å². The van der Waals surface area contributed by atoms with Crippen molar-refractivity contribution in [3.8, 4) is 5.75 Å². The van der Waals surface area contributed by atoms with Gasteiger partial charge in [0.2, 0.25) is 11.8 Å². The van der Waals surface area contributed by atoms with Crippen molar-refractivity contribution in [2.75, 3.05) is 24.5 Å². The molecule has 2 amide bonds. The third-order valence-corrected chi connectivity index (χ3v) is 8.72. The van der Waals surface area contributed by atoms with Crippen molar-refractivity contribution in [1.82, 2.24) is 10.2 Å². The number of methoxy groups -OCH3 is 1. The number of ether oxygens (including phenoxy) is 1. The molecule has 0 radical (unpaired) electrons. The Morgan fingerprint density at radius 1 is 0.975 bits per heavy atom. The van der Waals surface area contributed by atoms with E-state index in [-0.39, 0.29) is 17.3 Å². The molecule has 0 aliphatic heterocycles. The molecule has 10 heteroatoms. The molecule has 0 heterocycles. The predicted molar refractivity (Wildman–Crippen MR) is 161 cm³/mol. The molecule has 214 valence electrons. The quantitative estimate of drug-likeness (QED) is 0.242. The van der Waals surface area contributed by atoms with E-state index in [1.165, 1.54) is 17.0 Å². The minimum atomic E-state index is -4.10. The van der Waals surface area contributed by atoms with Gasteiger partial charge in [0.25, 0.3) is 10.0 Å². The van der Waals surface area contributed by atoms with Gasteiger partial charge in [0, 0.05) is 17.6 Å². The van der Waals surface area contributed by atoms with Crippen molar-refractivity contribution in [2.24, 2.45) is 0 Å². The van der Waals surface area contributed by atoms with Crippen LogP contribution in [0.1, 0.15) is 38.7 Å². The maximum atomic E-state index is 14.1. The molecule has 0 unspecified atom stereocenters. The third-order valence-electron chi connectivity index (χ3n) is 6.43. The Balaban J connectivity index is 2.02. The molecule has 0 saturated carbocycles. The molecule has 1 atom stereocenters. The van der Waals surface area contributed by atoms with Gasteiger partial charge in [-0.1, -0.05) is 72.6 Å². The molecule has 0 aromatic heterocycles. The lowest BCUT2D eigenvalue weighted by molar-refractivity contribution is -0.140. The van der Waals surface area contributed by atoms with Gasteiger partial charge in [-0.3, -0.25) is 13.9 Å². The number of hydrogen-bond donors (Lipinski definition) is 1. The number of amides is 2. The number of sulfonamides is 1. The molecule has 8 nitrogen and oxygen atoms in total. The summed E-state index contributed by atoms with van der Waals surface area (Å²) < 4.78 is 34.7. The van der Waals surface area contributed by atoms with Crippen molar-refractivity contribution in [3.63, 3.8) is 0 Å². The van der Waals surface area contributed by atoms with E-state index in [0.717, 1.165) is 22.7 Å². The van der Waals surface area contributed by atoms with Gasteiger partial charge < -0.3 is 15.0 Å². The molecule has 1 N–H and O–H groups in total. The molecular weight excluding hydrogens is 594 g/mol. The van der Waals surface area contributed by atoms with E-state index in [9.17, 15) is 18.0 Å². The number of unbranched alkanes of at least 4 members (excludes halogenated alkanes) is 1. The molecule has 0 fully saturated rings. The fraction of sp³-hybridized carbons (Fsp3) is 0.333. The van der Waals surface area contributed by atoms with Crippen molar-refractivity contribution >= 4 is 43.5 Å². The van der Waals surface area contributed by atoms with Crippen LogP contribution in [0.25, 0.3) is 0 Å². The number of benzene rings is 3. The van der Waals surface area contributed by atoms with Gasteiger partial charge >= 0.3 is 0 Å². The second-order valence-electron chi connectivity index (χ2n) is 9.24. The summed E-state index contributed by atoms with van der Waals surface area (Å²) in [7, 11) is -2.53. The summed E-state index contributed by atoms with van der Waals surface area (Å²) in [5.41, 5.74) is 1.12. The fourth-order valence-corrected chi connectivity index (χ4v) is 6.05. The molecule has 0 saturated heterocycles. The normalized spacial score (nSPS) is 11.9. The Morgan fingerprint density at radius 3 is 2.27 bits per heavy atom. The van der Waals surface area contributed by atoms with Gasteiger partial charge in [-0.15, -0.1) is 0 Å². The number of carbonyl (C=O) groups excluding carboxylic acids is 2. The molecule has 3 aromatic rings. The smallest absolute Gasteiger partial charge is 0.264 e. The zero-order valence-electron chi connectivity index (χ0n) is 23.0. The van der Waals surface area contributed by atoms with E-state index in [1.807, 2.05) is 26.0 Å². The lowest BCUT2D eigenvalue weighted by Crippen LogP contribution is -2.52. The Kier molecular flexibility index (Phi) is 11.6. The SMILES string of the molecule is CCCCNC(=O)[C@H](CC)N(Cc1ccc(OC)cc1)C(=O)CN(c1cccc(Br)c1)S(=O)(=O)c1ccccc1. The molecular formula is C30H36BrN3O5S. The largest absolute Gasteiger partial charge is 0.497 e. The monoisotopic (exact) mass is 629 g/mol. The van der Waals surface area contributed by atoms with Crippen molar-refractivity contribution in [2.45, 2.75) is 50.6 Å². The fourth-order valence-electron chi connectivity index (χ4n) is 4.23. The van der Waals surface area contributed by atoms with Crippen LogP contribution in [0.15, 0.2) is 88.2 Å². The first-order valence-electron chi connectivity index (χ1n) is 13.2. The molecule has 0 bridgehead atoms. The van der Waals surface area contributed by atoms with Crippen LogP contribution in [0.3, 0.4) is 0 Å². The summed E-state index contributed by atoms with van der Waals surface area (Å²) in [4.78, 5) is 28.8.